The van der Waals surface area contributed by atoms with Crippen LogP contribution in [0.15, 0.2) is 59.2 Å². The molecule has 0 saturated heterocycles. The minimum atomic E-state index is 0.00615. The molecule has 0 radical (unpaired) electrons. The largest absolute Gasteiger partial charge is 0.382 e. The predicted octanol–water partition coefficient (Wildman–Crippen LogP) is 3.84. The van der Waals surface area contributed by atoms with Crippen molar-refractivity contribution in [1.82, 2.24) is 5.43 Å². The lowest BCUT2D eigenvalue weighted by Gasteiger charge is -2.18. The molecule has 0 aromatic heterocycles. The van der Waals surface area contributed by atoms with Gasteiger partial charge >= 0.3 is 0 Å². The molecule has 3 nitrogen and oxygen atoms in total. The summed E-state index contributed by atoms with van der Waals surface area (Å²) in [6.07, 6.45) is 10.0. The first-order valence-corrected chi connectivity index (χ1v) is 7.69. The average molecular weight is 295 g/mol. The number of amidine groups is 1. The van der Waals surface area contributed by atoms with Gasteiger partial charge in [-0.05, 0) is 17.6 Å². The molecule has 0 saturated carbocycles. The fraction of sp³-hybridized carbons (Fsp3) is 0.316. The Bertz CT molecular complexity index is 661. The van der Waals surface area contributed by atoms with Gasteiger partial charge in [0, 0.05) is 18.0 Å². The van der Waals surface area contributed by atoms with E-state index in [2.05, 4.69) is 61.7 Å². The van der Waals surface area contributed by atoms with E-state index in [0.29, 0.717) is 5.84 Å². The molecule has 0 atom stereocenters. The lowest BCUT2D eigenvalue weighted by molar-refractivity contribution is 0.623. The maximum absolute atomic E-state index is 6.10. The molecule has 1 aromatic rings. The van der Waals surface area contributed by atoms with Gasteiger partial charge in [-0.25, -0.2) is 0 Å². The molecule has 0 amide bonds. The summed E-state index contributed by atoms with van der Waals surface area (Å²) in [4.78, 5) is 0. The second-order valence-electron chi connectivity index (χ2n) is 6.09. The topological polar surface area (TPSA) is 50.4 Å². The van der Waals surface area contributed by atoms with Crippen molar-refractivity contribution in [1.29, 1.82) is 0 Å². The van der Waals surface area contributed by atoms with Crippen LogP contribution in [0.1, 0.15) is 38.3 Å². The Morgan fingerprint density at radius 2 is 1.91 bits per heavy atom. The standard InChI is InChI=1S/C19H25N3/c1-5-14-10-11-15(13-19(2,3)12-14)16-8-6-7-9-17(16)18(20)22-21-4/h6-13,21H,5H2,1-4H3,(H2,20,22). The van der Waals surface area contributed by atoms with Crippen molar-refractivity contribution < 1.29 is 0 Å². The zero-order valence-electron chi connectivity index (χ0n) is 13.9. The number of hydrazone groups is 1. The van der Waals surface area contributed by atoms with E-state index in [1.54, 1.807) is 7.05 Å². The van der Waals surface area contributed by atoms with E-state index in [0.717, 1.165) is 17.5 Å². The number of hydrogen-bond donors (Lipinski definition) is 2. The summed E-state index contributed by atoms with van der Waals surface area (Å²) in [5.74, 6) is 0.498. The number of benzene rings is 1. The number of allylic oxidation sites excluding steroid dienone is 6. The third kappa shape index (κ3) is 3.67. The van der Waals surface area contributed by atoms with Crippen molar-refractivity contribution >= 4 is 11.4 Å². The number of nitrogens with zero attached hydrogens (tertiary/aromatic N) is 1. The highest BCUT2D eigenvalue weighted by atomic mass is 15.3. The van der Waals surface area contributed by atoms with Crippen molar-refractivity contribution in [3.05, 3.63) is 65.3 Å². The molecule has 0 fully saturated rings. The Kier molecular flexibility index (Phi) is 4.86. The molecule has 3 heteroatoms. The molecule has 0 spiro atoms. The second-order valence-corrected chi connectivity index (χ2v) is 6.09. The van der Waals surface area contributed by atoms with Crippen LogP contribution in [0.25, 0.3) is 5.57 Å². The first kappa shape index (κ1) is 16.1. The molecule has 1 aliphatic carbocycles. The monoisotopic (exact) mass is 295 g/mol. The summed E-state index contributed by atoms with van der Waals surface area (Å²) < 4.78 is 0. The Balaban J connectivity index is 2.54. The van der Waals surface area contributed by atoms with Crippen molar-refractivity contribution in [3.8, 4) is 0 Å². The summed E-state index contributed by atoms with van der Waals surface area (Å²) in [5, 5.41) is 4.12. The van der Waals surface area contributed by atoms with Crippen molar-refractivity contribution in [2.45, 2.75) is 27.2 Å². The van der Waals surface area contributed by atoms with Crippen molar-refractivity contribution in [3.63, 3.8) is 0 Å². The van der Waals surface area contributed by atoms with Gasteiger partial charge in [0.1, 0.15) is 0 Å². The van der Waals surface area contributed by atoms with Crippen LogP contribution < -0.4 is 11.2 Å². The number of nitrogens with two attached hydrogens (primary N) is 1. The van der Waals surface area contributed by atoms with Gasteiger partial charge in [-0.15, -0.1) is 0 Å². The number of nitrogens with one attached hydrogen (secondary N) is 1. The molecule has 1 aromatic carbocycles. The molecule has 0 aliphatic heterocycles. The van der Waals surface area contributed by atoms with E-state index in [9.17, 15) is 0 Å². The Morgan fingerprint density at radius 3 is 2.59 bits per heavy atom. The lowest BCUT2D eigenvalue weighted by atomic mass is 9.87. The van der Waals surface area contributed by atoms with Gasteiger partial charge in [-0.1, -0.05) is 74.9 Å². The molecular weight excluding hydrogens is 270 g/mol. The third-order valence-corrected chi connectivity index (χ3v) is 3.72. The first-order valence-electron chi connectivity index (χ1n) is 7.69. The maximum Gasteiger partial charge on any atom is 0.151 e. The van der Waals surface area contributed by atoms with Gasteiger partial charge in [-0.2, -0.15) is 5.10 Å². The summed E-state index contributed by atoms with van der Waals surface area (Å²) in [6, 6.07) is 8.12. The van der Waals surface area contributed by atoms with Gasteiger partial charge in [0.15, 0.2) is 5.84 Å². The van der Waals surface area contributed by atoms with Gasteiger partial charge < -0.3 is 11.2 Å². The number of rotatable bonds is 4. The van der Waals surface area contributed by atoms with E-state index in [1.165, 1.54) is 11.1 Å². The molecule has 3 N–H and O–H groups in total. The van der Waals surface area contributed by atoms with Crippen LogP contribution >= 0.6 is 0 Å². The maximum atomic E-state index is 6.10. The molecule has 1 aliphatic rings. The van der Waals surface area contributed by atoms with E-state index in [1.807, 2.05) is 18.2 Å². The molecule has 0 unspecified atom stereocenters. The Morgan fingerprint density at radius 1 is 1.18 bits per heavy atom. The van der Waals surface area contributed by atoms with Crippen LogP contribution in [0.3, 0.4) is 0 Å². The predicted molar refractivity (Wildman–Crippen MR) is 95.5 cm³/mol. The second kappa shape index (κ2) is 6.65. The molecule has 22 heavy (non-hydrogen) atoms. The van der Waals surface area contributed by atoms with Crippen LogP contribution in [0.5, 0.6) is 0 Å². The van der Waals surface area contributed by atoms with Crippen LogP contribution in [0.2, 0.25) is 0 Å². The van der Waals surface area contributed by atoms with Crippen molar-refractivity contribution in [2.75, 3.05) is 7.05 Å². The van der Waals surface area contributed by atoms with Gasteiger partial charge in [0.2, 0.25) is 0 Å². The van der Waals surface area contributed by atoms with Crippen LogP contribution in [0.4, 0.5) is 0 Å². The molecule has 116 valence electrons. The molecule has 0 heterocycles. The summed E-state index contributed by atoms with van der Waals surface area (Å²) in [7, 11) is 1.75. The SMILES string of the molecule is CCC1=CC(C)(C)C=C(c2ccccc2/C(N)=N/NC)C=C1. The summed E-state index contributed by atoms with van der Waals surface area (Å²) >= 11 is 0. The zero-order valence-corrected chi connectivity index (χ0v) is 13.9. The minimum Gasteiger partial charge on any atom is -0.382 e. The average Bonchev–Trinajstić information content (AvgIpc) is 2.65. The third-order valence-electron chi connectivity index (χ3n) is 3.72. The van der Waals surface area contributed by atoms with Gasteiger partial charge in [0.05, 0.1) is 0 Å². The fourth-order valence-corrected chi connectivity index (χ4v) is 2.74. The quantitative estimate of drug-likeness (QED) is 0.504. The highest BCUT2D eigenvalue weighted by Gasteiger charge is 2.18. The smallest absolute Gasteiger partial charge is 0.151 e. The van der Waals surface area contributed by atoms with Crippen LogP contribution in [0, 0.1) is 5.41 Å². The summed E-state index contributed by atoms with van der Waals surface area (Å²) in [5.41, 5.74) is 13.4. The van der Waals surface area contributed by atoms with Crippen LogP contribution in [-0.2, 0) is 0 Å². The van der Waals surface area contributed by atoms with E-state index in [4.69, 9.17) is 5.73 Å². The first-order chi connectivity index (χ1) is 10.5. The number of hydrogen-bond acceptors (Lipinski definition) is 2. The van der Waals surface area contributed by atoms with E-state index >= 15 is 0 Å². The van der Waals surface area contributed by atoms with E-state index < -0.39 is 0 Å². The van der Waals surface area contributed by atoms with Gasteiger partial charge in [-0.3, -0.25) is 0 Å². The Labute approximate surface area is 133 Å². The Hall–Kier alpha value is -2.29. The highest BCUT2D eigenvalue weighted by Crippen LogP contribution is 2.33. The fourth-order valence-electron chi connectivity index (χ4n) is 2.74. The van der Waals surface area contributed by atoms with Crippen LogP contribution in [-0.4, -0.2) is 12.9 Å². The zero-order chi connectivity index (χ0) is 16.2. The lowest BCUT2D eigenvalue weighted by Crippen LogP contribution is -2.18. The normalized spacial score (nSPS) is 17.5. The van der Waals surface area contributed by atoms with Gasteiger partial charge in [0.25, 0.3) is 0 Å². The highest BCUT2D eigenvalue weighted by molar-refractivity contribution is 6.02. The molecule has 2 rings (SSSR count). The molecular formula is C19H25N3. The minimum absolute atomic E-state index is 0.00615. The van der Waals surface area contributed by atoms with E-state index in [-0.39, 0.29) is 5.41 Å². The molecule has 0 bridgehead atoms. The van der Waals surface area contributed by atoms with Crippen molar-refractivity contribution in [2.24, 2.45) is 16.3 Å². The summed E-state index contributed by atoms with van der Waals surface area (Å²) in [6.45, 7) is 6.63.